The van der Waals surface area contributed by atoms with E-state index in [0.29, 0.717) is 19.5 Å². The highest BCUT2D eigenvalue weighted by molar-refractivity contribution is 5.81. The summed E-state index contributed by atoms with van der Waals surface area (Å²) in [6.07, 6.45) is 3.30. The molecule has 0 spiro atoms. The summed E-state index contributed by atoms with van der Waals surface area (Å²) in [7, 11) is 0. The van der Waals surface area contributed by atoms with Crippen LogP contribution in [0, 0.1) is 0 Å². The molecule has 4 N–H and O–H groups in total. The van der Waals surface area contributed by atoms with Gasteiger partial charge < -0.3 is 10.8 Å². The van der Waals surface area contributed by atoms with Crippen molar-refractivity contribution >= 4 is 5.97 Å². The Morgan fingerprint density at radius 2 is 2.22 bits per heavy atom. The molecule has 0 aliphatic heterocycles. The molecule has 4 nitrogen and oxygen atoms in total. The Morgan fingerprint density at radius 3 is 2.94 bits per heavy atom. The van der Waals surface area contributed by atoms with Crippen LogP contribution in [0.15, 0.2) is 24.3 Å². The molecule has 0 amide bonds. The molecule has 0 bridgehead atoms. The number of nitrogens with two attached hydrogens (primary N) is 1. The zero-order valence-corrected chi connectivity index (χ0v) is 10.5. The van der Waals surface area contributed by atoms with Gasteiger partial charge in [-0.15, -0.1) is 0 Å². The van der Waals surface area contributed by atoms with Crippen LogP contribution in [0.4, 0.5) is 0 Å². The van der Waals surface area contributed by atoms with Crippen LogP contribution < -0.4 is 11.1 Å². The maximum atomic E-state index is 11.7. The minimum absolute atomic E-state index is 0.574. The molecule has 18 heavy (non-hydrogen) atoms. The number of aryl methyl sites for hydroxylation is 1. The van der Waals surface area contributed by atoms with E-state index in [9.17, 15) is 9.90 Å². The second kappa shape index (κ2) is 5.50. The highest BCUT2D eigenvalue weighted by Gasteiger charge is 2.42. The molecule has 2 rings (SSSR count). The Morgan fingerprint density at radius 1 is 1.44 bits per heavy atom. The maximum Gasteiger partial charge on any atom is 0.328 e. The third kappa shape index (κ3) is 2.26. The summed E-state index contributed by atoms with van der Waals surface area (Å²) in [5.41, 5.74) is 6.61. The van der Waals surface area contributed by atoms with Crippen molar-refractivity contribution in [3.63, 3.8) is 0 Å². The topological polar surface area (TPSA) is 75.3 Å². The lowest BCUT2D eigenvalue weighted by molar-refractivity contribution is -0.146. The Hall–Kier alpha value is -1.39. The van der Waals surface area contributed by atoms with Crippen LogP contribution in [0.25, 0.3) is 0 Å². The van der Waals surface area contributed by atoms with Gasteiger partial charge in [-0.05, 0) is 49.9 Å². The molecule has 1 aliphatic carbocycles. The number of nitrogens with one attached hydrogen (secondary N) is 1. The van der Waals surface area contributed by atoms with Gasteiger partial charge in [0.05, 0.1) is 0 Å². The number of carboxylic acids is 1. The molecule has 0 saturated carbocycles. The van der Waals surface area contributed by atoms with Gasteiger partial charge in [-0.2, -0.15) is 0 Å². The average Bonchev–Trinajstić information content (AvgIpc) is 2.39. The van der Waals surface area contributed by atoms with Gasteiger partial charge >= 0.3 is 5.97 Å². The molecule has 4 heteroatoms. The smallest absolute Gasteiger partial charge is 0.328 e. The summed E-state index contributed by atoms with van der Waals surface area (Å²) >= 11 is 0. The number of fused-ring (bicyclic) bond motifs is 1. The Labute approximate surface area is 107 Å². The van der Waals surface area contributed by atoms with Crippen LogP contribution in [0.2, 0.25) is 0 Å². The minimum atomic E-state index is -0.927. The van der Waals surface area contributed by atoms with E-state index in [4.69, 9.17) is 5.73 Å². The lowest BCUT2D eigenvalue weighted by atomic mass is 9.76. The number of rotatable bonds is 5. The predicted octanol–water partition coefficient (Wildman–Crippen LogP) is 1.24. The van der Waals surface area contributed by atoms with Gasteiger partial charge in [-0.25, -0.2) is 4.79 Å². The van der Waals surface area contributed by atoms with E-state index in [1.165, 1.54) is 0 Å². The first-order valence-electron chi connectivity index (χ1n) is 6.47. The van der Waals surface area contributed by atoms with Gasteiger partial charge in [0.25, 0.3) is 0 Å². The van der Waals surface area contributed by atoms with Gasteiger partial charge in [0.1, 0.15) is 5.54 Å². The fraction of sp³-hybridized carbons (Fsp3) is 0.500. The maximum absolute atomic E-state index is 11.7. The molecule has 1 aliphatic rings. The third-order valence-electron chi connectivity index (χ3n) is 3.65. The van der Waals surface area contributed by atoms with Crippen LogP contribution in [-0.2, 0) is 16.8 Å². The van der Waals surface area contributed by atoms with Crippen LogP contribution in [0.3, 0.4) is 0 Å². The van der Waals surface area contributed by atoms with Gasteiger partial charge in [-0.3, -0.25) is 5.32 Å². The number of carboxylic acid groups (broad SMARTS) is 1. The molecule has 98 valence electrons. The summed E-state index contributed by atoms with van der Waals surface area (Å²) in [5, 5.41) is 12.9. The lowest BCUT2D eigenvalue weighted by Gasteiger charge is -2.36. The van der Waals surface area contributed by atoms with Crippen molar-refractivity contribution in [1.29, 1.82) is 0 Å². The molecule has 0 radical (unpaired) electrons. The Balaban J connectivity index is 2.33. The second-order valence-electron chi connectivity index (χ2n) is 4.79. The summed E-state index contributed by atoms with van der Waals surface area (Å²) < 4.78 is 0. The van der Waals surface area contributed by atoms with Crippen molar-refractivity contribution in [1.82, 2.24) is 5.32 Å². The van der Waals surface area contributed by atoms with E-state index >= 15 is 0 Å². The third-order valence-corrected chi connectivity index (χ3v) is 3.65. The van der Waals surface area contributed by atoms with E-state index < -0.39 is 11.5 Å². The zero-order valence-electron chi connectivity index (χ0n) is 10.5. The zero-order chi connectivity index (χ0) is 13.0. The van der Waals surface area contributed by atoms with Gasteiger partial charge in [-0.1, -0.05) is 24.3 Å². The molecule has 1 unspecified atom stereocenters. The number of carbonyl (C=O) groups is 1. The summed E-state index contributed by atoms with van der Waals surface area (Å²) in [6, 6.07) is 7.83. The van der Waals surface area contributed by atoms with Crippen LogP contribution in [0.1, 0.15) is 30.4 Å². The lowest BCUT2D eigenvalue weighted by Crippen LogP contribution is -2.51. The monoisotopic (exact) mass is 248 g/mol. The van der Waals surface area contributed by atoms with Crippen molar-refractivity contribution in [3.8, 4) is 0 Å². The molecule has 1 aromatic carbocycles. The van der Waals surface area contributed by atoms with E-state index in [1.54, 1.807) is 0 Å². The second-order valence-corrected chi connectivity index (χ2v) is 4.79. The molecule has 0 aromatic heterocycles. The standard InChI is InChI=1S/C14H20N2O2/c15-9-4-10-16-14(13(17)18)8-3-6-11-5-1-2-7-12(11)14/h1-2,5,7,16H,3-4,6,8-10,15H2,(H,17,18). The molecule has 0 fully saturated rings. The van der Waals surface area contributed by atoms with Crippen LogP contribution in [0.5, 0.6) is 0 Å². The van der Waals surface area contributed by atoms with E-state index in [1.807, 2.05) is 24.3 Å². The molecule has 1 aromatic rings. The molecular formula is C14H20N2O2. The summed E-state index contributed by atoms with van der Waals surface area (Å²) in [5.74, 6) is -0.785. The van der Waals surface area contributed by atoms with Crippen molar-refractivity contribution in [2.45, 2.75) is 31.2 Å². The van der Waals surface area contributed by atoms with E-state index in [-0.39, 0.29) is 0 Å². The first-order chi connectivity index (χ1) is 8.70. The Bertz CT molecular complexity index is 434. The van der Waals surface area contributed by atoms with Crippen molar-refractivity contribution < 1.29 is 9.90 Å². The molecular weight excluding hydrogens is 228 g/mol. The van der Waals surface area contributed by atoms with Gasteiger partial charge in [0.15, 0.2) is 0 Å². The summed E-state index contributed by atoms with van der Waals surface area (Å²) in [6.45, 7) is 1.21. The highest BCUT2D eigenvalue weighted by atomic mass is 16.4. The Kier molecular flexibility index (Phi) is 3.99. The minimum Gasteiger partial charge on any atom is -0.480 e. The number of hydrogen-bond donors (Lipinski definition) is 3. The first-order valence-corrected chi connectivity index (χ1v) is 6.47. The van der Waals surface area contributed by atoms with Crippen molar-refractivity contribution in [2.24, 2.45) is 5.73 Å². The molecule has 0 heterocycles. The van der Waals surface area contributed by atoms with Crippen LogP contribution in [-0.4, -0.2) is 24.2 Å². The van der Waals surface area contributed by atoms with Crippen molar-refractivity contribution in [3.05, 3.63) is 35.4 Å². The molecule has 0 saturated heterocycles. The fourth-order valence-electron chi connectivity index (χ4n) is 2.72. The quantitative estimate of drug-likeness (QED) is 0.685. The van der Waals surface area contributed by atoms with E-state index in [0.717, 1.165) is 30.4 Å². The summed E-state index contributed by atoms with van der Waals surface area (Å²) in [4.78, 5) is 11.7. The van der Waals surface area contributed by atoms with E-state index in [2.05, 4.69) is 5.32 Å². The average molecular weight is 248 g/mol. The number of benzene rings is 1. The SMILES string of the molecule is NCCCNC1(C(=O)O)CCCc2ccccc21. The van der Waals surface area contributed by atoms with Crippen molar-refractivity contribution in [2.75, 3.05) is 13.1 Å². The van der Waals surface area contributed by atoms with Crippen LogP contribution >= 0.6 is 0 Å². The largest absolute Gasteiger partial charge is 0.480 e. The molecule has 1 atom stereocenters. The highest BCUT2D eigenvalue weighted by Crippen LogP contribution is 2.35. The number of hydrogen-bond acceptors (Lipinski definition) is 3. The predicted molar refractivity (Wildman–Crippen MR) is 70.4 cm³/mol. The van der Waals surface area contributed by atoms with Gasteiger partial charge in [0, 0.05) is 0 Å². The first kappa shape index (κ1) is 13.1. The van der Waals surface area contributed by atoms with Gasteiger partial charge in [0.2, 0.25) is 0 Å². The fourth-order valence-corrected chi connectivity index (χ4v) is 2.72. The number of aliphatic carboxylic acids is 1. The normalized spacial score (nSPS) is 22.5.